The van der Waals surface area contributed by atoms with Crippen LogP contribution in [-0.4, -0.2) is 27.7 Å². The highest BCUT2D eigenvalue weighted by atomic mass is 19.4. The van der Waals surface area contributed by atoms with Crippen molar-refractivity contribution in [2.75, 3.05) is 5.32 Å². The van der Waals surface area contributed by atoms with Gasteiger partial charge < -0.3 is 15.0 Å². The predicted octanol–water partition coefficient (Wildman–Crippen LogP) is 1.22. The van der Waals surface area contributed by atoms with Crippen LogP contribution in [-0.2, 0) is 11.8 Å². The largest absolute Gasteiger partial charge is 0.477 e. The van der Waals surface area contributed by atoms with Gasteiger partial charge in [0.15, 0.2) is 5.69 Å². The summed E-state index contributed by atoms with van der Waals surface area (Å²) in [4.78, 5) is 21.3. The Balaban J connectivity index is 2.99. The fraction of sp³-hybridized carbons (Fsp3) is 0.250. The van der Waals surface area contributed by atoms with Crippen LogP contribution in [0.2, 0.25) is 0 Å². The second-order valence-electron chi connectivity index (χ2n) is 2.95. The van der Waals surface area contributed by atoms with Crippen molar-refractivity contribution >= 4 is 17.6 Å². The lowest BCUT2D eigenvalue weighted by molar-refractivity contribution is -0.167. The third-order valence-electron chi connectivity index (χ3n) is 1.78. The lowest BCUT2D eigenvalue weighted by atomic mass is 10.3. The number of halogens is 3. The van der Waals surface area contributed by atoms with Crippen LogP contribution in [0.4, 0.5) is 18.9 Å². The number of aromatic carboxylic acids is 1. The van der Waals surface area contributed by atoms with E-state index in [1.165, 1.54) is 18.6 Å². The van der Waals surface area contributed by atoms with Crippen molar-refractivity contribution < 1.29 is 27.9 Å². The molecule has 0 saturated heterocycles. The van der Waals surface area contributed by atoms with E-state index in [1.54, 1.807) is 0 Å². The summed E-state index contributed by atoms with van der Waals surface area (Å²) in [5.41, 5.74) is -0.810. The van der Waals surface area contributed by atoms with Crippen LogP contribution in [0.5, 0.6) is 0 Å². The number of anilines is 1. The first-order chi connectivity index (χ1) is 7.23. The van der Waals surface area contributed by atoms with Crippen molar-refractivity contribution in [1.29, 1.82) is 0 Å². The van der Waals surface area contributed by atoms with Gasteiger partial charge in [-0.25, -0.2) is 4.79 Å². The van der Waals surface area contributed by atoms with E-state index in [-0.39, 0.29) is 0 Å². The molecule has 8 heteroatoms. The summed E-state index contributed by atoms with van der Waals surface area (Å²) in [6.07, 6.45) is -3.82. The third kappa shape index (κ3) is 2.33. The Labute approximate surface area is 87.5 Å². The Bertz CT molecular complexity index is 436. The average Bonchev–Trinajstić information content (AvgIpc) is 2.45. The summed E-state index contributed by atoms with van der Waals surface area (Å²) >= 11 is 0. The van der Waals surface area contributed by atoms with Crippen LogP contribution < -0.4 is 5.32 Å². The molecule has 0 aliphatic heterocycles. The molecule has 1 aromatic heterocycles. The molecule has 1 heterocycles. The summed E-state index contributed by atoms with van der Waals surface area (Å²) in [5.74, 6) is -3.63. The summed E-state index contributed by atoms with van der Waals surface area (Å²) < 4.78 is 36.8. The smallest absolute Gasteiger partial charge is 0.471 e. The van der Waals surface area contributed by atoms with Gasteiger partial charge in [-0.1, -0.05) is 0 Å². The molecule has 1 aromatic rings. The lowest BCUT2D eigenvalue weighted by Crippen LogP contribution is -2.30. The number of alkyl halides is 3. The minimum Gasteiger partial charge on any atom is -0.477 e. The molecular weight excluding hydrogens is 229 g/mol. The van der Waals surface area contributed by atoms with Gasteiger partial charge in [0.2, 0.25) is 0 Å². The minimum atomic E-state index is -5.05. The number of nitrogens with one attached hydrogen (secondary N) is 1. The Kier molecular flexibility index (Phi) is 2.92. The number of carboxylic acid groups (broad SMARTS) is 1. The molecule has 0 aliphatic carbocycles. The number of carbonyl (C=O) groups is 2. The van der Waals surface area contributed by atoms with E-state index in [9.17, 15) is 22.8 Å². The fourth-order valence-corrected chi connectivity index (χ4v) is 1.09. The third-order valence-corrected chi connectivity index (χ3v) is 1.78. The maximum Gasteiger partial charge on any atom is 0.471 e. The molecule has 0 saturated carbocycles. The van der Waals surface area contributed by atoms with Crippen molar-refractivity contribution in [3.63, 3.8) is 0 Å². The number of carbonyl (C=O) groups excluding carboxylic acids is 1. The van der Waals surface area contributed by atoms with E-state index in [4.69, 9.17) is 5.11 Å². The summed E-state index contributed by atoms with van der Waals surface area (Å²) in [6.45, 7) is 0. The standard InChI is InChI=1S/C8H7F3N2O3/c1-13-3-2-4(5(13)6(14)15)12-7(16)8(9,10)11/h2-3H,1H3,(H,12,16)(H,14,15). The van der Waals surface area contributed by atoms with Gasteiger partial charge in [0.05, 0.1) is 5.69 Å². The normalized spacial score (nSPS) is 11.2. The molecule has 88 valence electrons. The fourth-order valence-electron chi connectivity index (χ4n) is 1.09. The first-order valence-corrected chi connectivity index (χ1v) is 4.00. The Morgan fingerprint density at radius 2 is 2.00 bits per heavy atom. The number of amides is 1. The van der Waals surface area contributed by atoms with Gasteiger partial charge >= 0.3 is 18.1 Å². The molecule has 1 amide bonds. The maximum atomic E-state index is 11.9. The zero-order chi connectivity index (χ0) is 12.5. The van der Waals surface area contributed by atoms with Gasteiger partial charge in [-0.3, -0.25) is 4.79 Å². The van der Waals surface area contributed by atoms with E-state index in [0.717, 1.165) is 10.6 Å². The molecule has 0 aliphatic rings. The molecule has 0 bridgehead atoms. The average molecular weight is 236 g/mol. The van der Waals surface area contributed by atoms with Gasteiger partial charge in [-0.15, -0.1) is 0 Å². The van der Waals surface area contributed by atoms with Crippen LogP contribution in [0.25, 0.3) is 0 Å². The highest BCUT2D eigenvalue weighted by molar-refractivity contribution is 6.01. The number of rotatable bonds is 2. The van der Waals surface area contributed by atoms with E-state index >= 15 is 0 Å². The molecule has 0 radical (unpaired) electrons. The van der Waals surface area contributed by atoms with Crippen LogP contribution >= 0.6 is 0 Å². The molecule has 16 heavy (non-hydrogen) atoms. The molecular formula is C8H7F3N2O3. The maximum absolute atomic E-state index is 11.9. The van der Waals surface area contributed by atoms with E-state index in [0.29, 0.717) is 0 Å². The molecule has 5 nitrogen and oxygen atoms in total. The number of carboxylic acids is 1. The Hall–Kier alpha value is -1.99. The second-order valence-corrected chi connectivity index (χ2v) is 2.95. The zero-order valence-electron chi connectivity index (χ0n) is 8.00. The quantitative estimate of drug-likeness (QED) is 0.811. The molecule has 1 rings (SSSR count). The second kappa shape index (κ2) is 3.87. The summed E-state index contributed by atoms with van der Waals surface area (Å²) in [7, 11) is 1.34. The first-order valence-electron chi connectivity index (χ1n) is 4.00. The Morgan fingerprint density at radius 3 is 2.44 bits per heavy atom. The van der Waals surface area contributed by atoms with Crippen molar-refractivity contribution in [2.24, 2.45) is 7.05 Å². The van der Waals surface area contributed by atoms with Gasteiger partial charge in [0.25, 0.3) is 0 Å². The lowest BCUT2D eigenvalue weighted by Gasteiger charge is -2.07. The monoisotopic (exact) mass is 236 g/mol. The van der Waals surface area contributed by atoms with Crippen molar-refractivity contribution in [2.45, 2.75) is 6.18 Å². The molecule has 0 unspecified atom stereocenters. The SMILES string of the molecule is Cn1ccc(NC(=O)C(F)(F)F)c1C(=O)O. The van der Waals surface area contributed by atoms with E-state index < -0.39 is 29.4 Å². The Morgan fingerprint density at radius 1 is 1.44 bits per heavy atom. The predicted molar refractivity (Wildman–Crippen MR) is 47.1 cm³/mol. The molecule has 0 atom stereocenters. The number of hydrogen-bond donors (Lipinski definition) is 2. The molecule has 2 N–H and O–H groups in total. The minimum absolute atomic E-state index is 0.391. The topological polar surface area (TPSA) is 71.3 Å². The van der Waals surface area contributed by atoms with Crippen molar-refractivity contribution in [3.8, 4) is 0 Å². The summed E-state index contributed by atoms with van der Waals surface area (Å²) in [6, 6.07) is 1.08. The van der Waals surface area contributed by atoms with E-state index in [2.05, 4.69) is 0 Å². The van der Waals surface area contributed by atoms with Crippen LogP contribution in [0.15, 0.2) is 12.3 Å². The molecule has 0 spiro atoms. The van der Waals surface area contributed by atoms with Crippen molar-refractivity contribution in [1.82, 2.24) is 4.57 Å². The van der Waals surface area contributed by atoms with Gasteiger partial charge in [0, 0.05) is 13.2 Å². The highest BCUT2D eigenvalue weighted by Crippen LogP contribution is 2.21. The summed E-state index contributed by atoms with van der Waals surface area (Å²) in [5, 5.41) is 10.2. The van der Waals surface area contributed by atoms with Crippen LogP contribution in [0, 0.1) is 0 Å². The molecule has 0 fully saturated rings. The van der Waals surface area contributed by atoms with E-state index in [1.807, 2.05) is 0 Å². The number of nitrogens with zero attached hydrogens (tertiary/aromatic N) is 1. The number of hydrogen-bond acceptors (Lipinski definition) is 2. The first kappa shape index (κ1) is 12.1. The molecule has 0 aromatic carbocycles. The van der Waals surface area contributed by atoms with Crippen molar-refractivity contribution in [3.05, 3.63) is 18.0 Å². The van der Waals surface area contributed by atoms with Gasteiger partial charge in [0.1, 0.15) is 0 Å². The van der Waals surface area contributed by atoms with Gasteiger partial charge in [-0.05, 0) is 6.07 Å². The van der Waals surface area contributed by atoms with Crippen LogP contribution in [0.1, 0.15) is 10.5 Å². The van der Waals surface area contributed by atoms with Gasteiger partial charge in [-0.2, -0.15) is 13.2 Å². The number of aromatic nitrogens is 1. The zero-order valence-corrected chi connectivity index (χ0v) is 8.00. The highest BCUT2D eigenvalue weighted by Gasteiger charge is 2.39. The number of aryl methyl sites for hydroxylation is 1. The van der Waals surface area contributed by atoms with Crippen LogP contribution in [0.3, 0.4) is 0 Å².